The highest BCUT2D eigenvalue weighted by Crippen LogP contribution is 2.24. The first-order valence-electron chi connectivity index (χ1n) is 6.34. The van der Waals surface area contributed by atoms with Crippen LogP contribution >= 0.6 is 11.6 Å². The fourth-order valence-electron chi connectivity index (χ4n) is 2.29. The van der Waals surface area contributed by atoms with Gasteiger partial charge in [0.15, 0.2) is 0 Å². The number of para-hydroxylation sites is 1. The summed E-state index contributed by atoms with van der Waals surface area (Å²) < 4.78 is 0. The highest BCUT2D eigenvalue weighted by Gasteiger charge is 2.13. The van der Waals surface area contributed by atoms with Gasteiger partial charge in [0.25, 0.3) is 0 Å². The summed E-state index contributed by atoms with van der Waals surface area (Å²) in [5.74, 6) is 5.71. The summed E-state index contributed by atoms with van der Waals surface area (Å²) in [7, 11) is 0. The zero-order chi connectivity index (χ0) is 13.9. The first-order valence-corrected chi connectivity index (χ1v) is 6.72. The molecule has 0 aliphatic heterocycles. The van der Waals surface area contributed by atoms with Crippen LogP contribution in [0.3, 0.4) is 0 Å². The first-order chi connectivity index (χ1) is 9.78. The van der Waals surface area contributed by atoms with E-state index in [0.29, 0.717) is 5.02 Å². The Bertz CT molecular complexity index is 725. The van der Waals surface area contributed by atoms with Gasteiger partial charge in [0.05, 0.1) is 11.6 Å². The fourth-order valence-corrected chi connectivity index (χ4v) is 2.41. The largest absolute Gasteiger partial charge is 0.271 e. The normalized spacial score (nSPS) is 12.5. The maximum absolute atomic E-state index is 5.92. The minimum Gasteiger partial charge on any atom is -0.271 e. The van der Waals surface area contributed by atoms with Crippen molar-refractivity contribution >= 4 is 22.5 Å². The van der Waals surface area contributed by atoms with Crippen LogP contribution < -0.4 is 11.3 Å². The Morgan fingerprint density at radius 3 is 2.50 bits per heavy atom. The SMILES string of the molecule is NNC(c1ccc(Cl)cc1)c1cnc2ccccc2c1. The summed E-state index contributed by atoms with van der Waals surface area (Å²) in [4.78, 5) is 4.47. The number of fused-ring (bicyclic) bond motifs is 1. The van der Waals surface area contributed by atoms with E-state index in [1.807, 2.05) is 54.7 Å². The van der Waals surface area contributed by atoms with Gasteiger partial charge in [-0.1, -0.05) is 41.9 Å². The number of hydrogen-bond donors (Lipinski definition) is 2. The number of benzene rings is 2. The predicted octanol–water partition coefficient (Wildman–Crippen LogP) is 3.44. The van der Waals surface area contributed by atoms with Crippen LogP contribution in [0.25, 0.3) is 10.9 Å². The topological polar surface area (TPSA) is 50.9 Å². The Balaban J connectivity index is 2.04. The molecule has 3 rings (SSSR count). The highest BCUT2D eigenvalue weighted by molar-refractivity contribution is 6.30. The number of halogens is 1. The molecule has 0 aliphatic rings. The van der Waals surface area contributed by atoms with E-state index >= 15 is 0 Å². The number of hydrazine groups is 1. The van der Waals surface area contributed by atoms with Crippen molar-refractivity contribution in [2.24, 2.45) is 5.84 Å². The maximum atomic E-state index is 5.92. The van der Waals surface area contributed by atoms with Crippen molar-refractivity contribution in [3.8, 4) is 0 Å². The van der Waals surface area contributed by atoms with Gasteiger partial charge in [0, 0.05) is 16.6 Å². The van der Waals surface area contributed by atoms with Gasteiger partial charge in [-0.15, -0.1) is 0 Å². The quantitative estimate of drug-likeness (QED) is 0.572. The zero-order valence-corrected chi connectivity index (χ0v) is 11.5. The minimum absolute atomic E-state index is 0.107. The Morgan fingerprint density at radius 2 is 1.75 bits per heavy atom. The average Bonchev–Trinajstić information content (AvgIpc) is 2.50. The number of hydrogen-bond acceptors (Lipinski definition) is 3. The lowest BCUT2D eigenvalue weighted by atomic mass is 9.99. The molecule has 1 aromatic heterocycles. The number of nitrogens with zero attached hydrogens (tertiary/aromatic N) is 1. The van der Waals surface area contributed by atoms with E-state index in [2.05, 4.69) is 16.5 Å². The van der Waals surface area contributed by atoms with E-state index in [0.717, 1.165) is 22.0 Å². The summed E-state index contributed by atoms with van der Waals surface area (Å²) in [6, 6.07) is 17.6. The van der Waals surface area contributed by atoms with E-state index in [9.17, 15) is 0 Å². The highest BCUT2D eigenvalue weighted by atomic mass is 35.5. The minimum atomic E-state index is -0.107. The van der Waals surface area contributed by atoms with Crippen molar-refractivity contribution in [2.75, 3.05) is 0 Å². The molecule has 0 amide bonds. The number of rotatable bonds is 3. The van der Waals surface area contributed by atoms with Crippen molar-refractivity contribution in [3.63, 3.8) is 0 Å². The van der Waals surface area contributed by atoms with Crippen LogP contribution in [-0.4, -0.2) is 4.98 Å². The van der Waals surface area contributed by atoms with Gasteiger partial charge in [-0.2, -0.15) is 0 Å². The third-order valence-corrected chi connectivity index (χ3v) is 3.57. The third-order valence-electron chi connectivity index (χ3n) is 3.31. The second-order valence-electron chi connectivity index (χ2n) is 4.61. The van der Waals surface area contributed by atoms with Crippen LogP contribution in [0.5, 0.6) is 0 Å². The lowest BCUT2D eigenvalue weighted by Crippen LogP contribution is -2.28. The summed E-state index contributed by atoms with van der Waals surface area (Å²) in [6.45, 7) is 0. The van der Waals surface area contributed by atoms with Gasteiger partial charge < -0.3 is 0 Å². The molecule has 1 unspecified atom stereocenters. The van der Waals surface area contributed by atoms with Crippen LogP contribution in [-0.2, 0) is 0 Å². The molecule has 3 N–H and O–H groups in total. The van der Waals surface area contributed by atoms with E-state index in [1.54, 1.807) is 0 Å². The van der Waals surface area contributed by atoms with E-state index in [4.69, 9.17) is 17.4 Å². The van der Waals surface area contributed by atoms with E-state index < -0.39 is 0 Å². The molecule has 2 aromatic carbocycles. The first kappa shape index (κ1) is 13.1. The van der Waals surface area contributed by atoms with Gasteiger partial charge in [0.1, 0.15) is 0 Å². The molecular weight excluding hydrogens is 270 g/mol. The van der Waals surface area contributed by atoms with Crippen LogP contribution in [0, 0.1) is 0 Å². The van der Waals surface area contributed by atoms with Crippen molar-refractivity contribution in [1.82, 2.24) is 10.4 Å². The fraction of sp³-hybridized carbons (Fsp3) is 0.0625. The molecule has 100 valence electrons. The van der Waals surface area contributed by atoms with Gasteiger partial charge in [-0.3, -0.25) is 10.8 Å². The Morgan fingerprint density at radius 1 is 1.00 bits per heavy atom. The standard InChI is InChI=1S/C16H14ClN3/c17-14-7-5-11(6-8-14)16(20-18)13-9-12-3-1-2-4-15(12)19-10-13/h1-10,16,20H,18H2. The number of nitrogens with two attached hydrogens (primary N) is 1. The van der Waals surface area contributed by atoms with Crippen molar-refractivity contribution in [1.29, 1.82) is 0 Å². The molecule has 3 nitrogen and oxygen atoms in total. The van der Waals surface area contributed by atoms with Gasteiger partial charge >= 0.3 is 0 Å². The second kappa shape index (κ2) is 5.59. The molecule has 0 saturated heterocycles. The van der Waals surface area contributed by atoms with Gasteiger partial charge in [0.2, 0.25) is 0 Å². The third kappa shape index (κ3) is 2.51. The lowest BCUT2D eigenvalue weighted by Gasteiger charge is -2.17. The Hall–Kier alpha value is -1.94. The molecule has 1 atom stereocenters. The molecule has 3 aromatic rings. The Kier molecular flexibility index (Phi) is 3.65. The van der Waals surface area contributed by atoms with Crippen molar-refractivity contribution < 1.29 is 0 Å². The van der Waals surface area contributed by atoms with Crippen molar-refractivity contribution in [3.05, 3.63) is 76.9 Å². The van der Waals surface area contributed by atoms with Crippen LogP contribution in [0.15, 0.2) is 60.8 Å². The molecule has 4 heteroatoms. The van der Waals surface area contributed by atoms with Crippen LogP contribution in [0.2, 0.25) is 5.02 Å². The maximum Gasteiger partial charge on any atom is 0.0725 e. The smallest absolute Gasteiger partial charge is 0.0725 e. The monoisotopic (exact) mass is 283 g/mol. The molecule has 0 bridgehead atoms. The molecular formula is C16H14ClN3. The molecule has 0 saturated carbocycles. The number of pyridine rings is 1. The van der Waals surface area contributed by atoms with Crippen LogP contribution in [0.1, 0.15) is 17.2 Å². The zero-order valence-electron chi connectivity index (χ0n) is 10.8. The van der Waals surface area contributed by atoms with E-state index in [1.165, 1.54) is 0 Å². The molecule has 0 fully saturated rings. The molecule has 20 heavy (non-hydrogen) atoms. The number of nitrogens with one attached hydrogen (secondary N) is 1. The molecule has 0 spiro atoms. The molecule has 1 heterocycles. The average molecular weight is 284 g/mol. The van der Waals surface area contributed by atoms with E-state index in [-0.39, 0.29) is 6.04 Å². The van der Waals surface area contributed by atoms with Gasteiger partial charge in [-0.25, -0.2) is 5.43 Å². The second-order valence-corrected chi connectivity index (χ2v) is 5.05. The number of aromatic nitrogens is 1. The summed E-state index contributed by atoms with van der Waals surface area (Å²) in [6.07, 6.45) is 1.85. The molecule has 0 aliphatic carbocycles. The predicted molar refractivity (Wildman–Crippen MR) is 82.4 cm³/mol. The van der Waals surface area contributed by atoms with Gasteiger partial charge in [-0.05, 0) is 35.4 Å². The lowest BCUT2D eigenvalue weighted by molar-refractivity contribution is 0.636. The van der Waals surface area contributed by atoms with Crippen molar-refractivity contribution in [2.45, 2.75) is 6.04 Å². The summed E-state index contributed by atoms with van der Waals surface area (Å²) in [5.41, 5.74) is 5.88. The summed E-state index contributed by atoms with van der Waals surface area (Å²) >= 11 is 5.92. The molecule has 0 radical (unpaired) electrons. The van der Waals surface area contributed by atoms with Crippen LogP contribution in [0.4, 0.5) is 0 Å². The summed E-state index contributed by atoms with van der Waals surface area (Å²) in [5, 5.41) is 1.81. The Labute approximate surface area is 122 Å².